The van der Waals surface area contributed by atoms with Crippen molar-refractivity contribution < 1.29 is 9.53 Å². The van der Waals surface area contributed by atoms with Gasteiger partial charge in [-0.2, -0.15) is 10.1 Å². The number of ether oxygens (including phenoxy) is 1. The van der Waals surface area contributed by atoms with Crippen LogP contribution in [0.4, 0.5) is 5.95 Å². The molecule has 0 fully saturated rings. The Labute approximate surface area is 141 Å². The number of carbonyl (C=O) groups excluding carboxylic acids is 1. The highest BCUT2D eigenvalue weighted by Crippen LogP contribution is 2.39. The zero-order valence-electron chi connectivity index (χ0n) is 14.2. The molecule has 0 saturated heterocycles. The van der Waals surface area contributed by atoms with Gasteiger partial charge in [-0.3, -0.25) is 4.79 Å². The Morgan fingerprint density at radius 1 is 1.38 bits per heavy atom. The van der Waals surface area contributed by atoms with Gasteiger partial charge < -0.3 is 10.1 Å². The third-order valence-electron chi connectivity index (χ3n) is 4.22. The summed E-state index contributed by atoms with van der Waals surface area (Å²) in [7, 11) is 0. The van der Waals surface area contributed by atoms with Crippen LogP contribution in [0.5, 0.6) is 0 Å². The van der Waals surface area contributed by atoms with Crippen LogP contribution in [-0.4, -0.2) is 27.3 Å². The van der Waals surface area contributed by atoms with Gasteiger partial charge in [0.1, 0.15) is 12.2 Å². The minimum absolute atomic E-state index is 0.251. The molecule has 126 valence electrons. The molecule has 3 rings (SSSR count). The fourth-order valence-corrected chi connectivity index (χ4v) is 3.18. The van der Waals surface area contributed by atoms with Crippen LogP contribution < -0.4 is 5.32 Å². The van der Waals surface area contributed by atoms with Crippen molar-refractivity contribution in [1.29, 1.82) is 0 Å². The Morgan fingerprint density at radius 3 is 2.88 bits per heavy atom. The van der Waals surface area contributed by atoms with Gasteiger partial charge in [-0.15, -0.1) is 0 Å². The van der Waals surface area contributed by atoms with Crippen LogP contribution >= 0.6 is 0 Å². The predicted molar refractivity (Wildman–Crippen MR) is 91.5 cm³/mol. The molecule has 0 saturated carbocycles. The highest BCUT2D eigenvalue weighted by molar-refractivity contribution is 5.79. The first-order valence-corrected chi connectivity index (χ1v) is 8.26. The smallest absolute Gasteiger partial charge is 0.317 e. The van der Waals surface area contributed by atoms with E-state index in [4.69, 9.17) is 4.74 Å². The van der Waals surface area contributed by atoms with Crippen LogP contribution in [0.3, 0.4) is 0 Å². The van der Waals surface area contributed by atoms with E-state index < -0.39 is 5.92 Å². The number of rotatable bonds is 4. The molecule has 0 bridgehead atoms. The highest BCUT2D eigenvalue weighted by Gasteiger charge is 2.41. The molecule has 6 nitrogen and oxygen atoms in total. The van der Waals surface area contributed by atoms with Crippen molar-refractivity contribution in [2.24, 2.45) is 5.92 Å². The molecule has 6 heteroatoms. The number of allylic oxidation sites excluding steroid dienone is 1. The molecule has 2 atom stereocenters. The van der Waals surface area contributed by atoms with Gasteiger partial charge in [0, 0.05) is 5.70 Å². The fourth-order valence-electron chi connectivity index (χ4n) is 3.18. The van der Waals surface area contributed by atoms with E-state index in [0.717, 1.165) is 23.2 Å². The lowest BCUT2D eigenvalue weighted by molar-refractivity contribution is -0.147. The highest BCUT2D eigenvalue weighted by atomic mass is 16.5. The van der Waals surface area contributed by atoms with Crippen molar-refractivity contribution >= 4 is 11.9 Å². The second kappa shape index (κ2) is 6.86. The maximum Gasteiger partial charge on any atom is 0.317 e. The Hall–Kier alpha value is -2.63. The standard InChI is InChI=1S/C18H22N4O2/c1-4-8-14-15(17(23)24-5-2)16(13-10-7-6-9-12(13)3)22-18(21-14)19-11-20-22/h6-11,15-16H,4-5H2,1-3H3,(H,19,20,21)/b14-8+/t15-,16+/m0/s1. The molecule has 0 spiro atoms. The number of hydrogen-bond acceptors (Lipinski definition) is 5. The van der Waals surface area contributed by atoms with Gasteiger partial charge in [0.15, 0.2) is 0 Å². The van der Waals surface area contributed by atoms with E-state index in [1.54, 1.807) is 4.68 Å². The fraction of sp³-hybridized carbons (Fsp3) is 0.389. The minimum Gasteiger partial charge on any atom is -0.465 e. The summed E-state index contributed by atoms with van der Waals surface area (Å²) in [5.41, 5.74) is 2.98. The Kier molecular flexibility index (Phi) is 4.64. The average molecular weight is 326 g/mol. The summed E-state index contributed by atoms with van der Waals surface area (Å²) in [4.78, 5) is 17.0. The van der Waals surface area contributed by atoms with Crippen LogP contribution in [0.15, 0.2) is 42.4 Å². The number of benzene rings is 1. The quantitative estimate of drug-likeness (QED) is 0.875. The van der Waals surface area contributed by atoms with Crippen LogP contribution in [0.2, 0.25) is 0 Å². The summed E-state index contributed by atoms with van der Waals surface area (Å²) in [6, 6.07) is 7.77. The van der Waals surface area contributed by atoms with Crippen LogP contribution in [0, 0.1) is 12.8 Å². The summed E-state index contributed by atoms with van der Waals surface area (Å²) >= 11 is 0. The van der Waals surface area contributed by atoms with Gasteiger partial charge in [-0.05, 0) is 31.4 Å². The zero-order chi connectivity index (χ0) is 17.1. The van der Waals surface area contributed by atoms with E-state index in [9.17, 15) is 4.79 Å². The first-order valence-electron chi connectivity index (χ1n) is 8.26. The summed E-state index contributed by atoms with van der Waals surface area (Å²) < 4.78 is 7.13. The summed E-state index contributed by atoms with van der Waals surface area (Å²) in [6.07, 6.45) is 4.34. The largest absolute Gasteiger partial charge is 0.465 e. The second-order valence-corrected chi connectivity index (χ2v) is 5.75. The third kappa shape index (κ3) is 2.79. The van der Waals surface area contributed by atoms with E-state index in [2.05, 4.69) is 15.4 Å². The van der Waals surface area contributed by atoms with E-state index in [1.165, 1.54) is 6.33 Å². The number of fused-ring (bicyclic) bond motifs is 1. The Bertz CT molecular complexity index is 766. The number of carbonyl (C=O) groups is 1. The molecule has 0 radical (unpaired) electrons. The number of nitrogens with zero attached hydrogens (tertiary/aromatic N) is 3. The van der Waals surface area contributed by atoms with Gasteiger partial charge in [0.05, 0.1) is 12.6 Å². The van der Waals surface area contributed by atoms with Crippen LogP contribution in [0.1, 0.15) is 37.4 Å². The van der Waals surface area contributed by atoms with Gasteiger partial charge in [0.25, 0.3) is 0 Å². The van der Waals surface area contributed by atoms with E-state index in [0.29, 0.717) is 12.6 Å². The molecule has 0 unspecified atom stereocenters. The number of nitrogens with one attached hydrogen (secondary N) is 1. The number of hydrogen-bond donors (Lipinski definition) is 1. The van der Waals surface area contributed by atoms with Gasteiger partial charge in [-0.25, -0.2) is 4.68 Å². The second-order valence-electron chi connectivity index (χ2n) is 5.75. The van der Waals surface area contributed by atoms with Crippen LogP contribution in [0.25, 0.3) is 0 Å². The Morgan fingerprint density at radius 2 is 2.17 bits per heavy atom. The SMILES string of the molecule is CC/C=C1/Nc2ncnn2[C@H](c2ccccc2C)[C@H]1C(=O)OCC. The number of aromatic nitrogens is 3. The average Bonchev–Trinajstić information content (AvgIpc) is 3.03. The molecule has 1 aromatic heterocycles. The van der Waals surface area contributed by atoms with E-state index >= 15 is 0 Å². The monoisotopic (exact) mass is 326 g/mol. The molecule has 0 amide bonds. The third-order valence-corrected chi connectivity index (χ3v) is 4.22. The Balaban J connectivity index is 2.18. The molecule has 24 heavy (non-hydrogen) atoms. The van der Waals surface area contributed by atoms with Gasteiger partial charge in [0.2, 0.25) is 5.95 Å². The van der Waals surface area contributed by atoms with Crippen molar-refractivity contribution in [2.45, 2.75) is 33.2 Å². The lowest BCUT2D eigenvalue weighted by Crippen LogP contribution is -2.38. The van der Waals surface area contributed by atoms with Crippen molar-refractivity contribution in [2.75, 3.05) is 11.9 Å². The van der Waals surface area contributed by atoms with Crippen LogP contribution in [-0.2, 0) is 9.53 Å². The molecule has 1 aliphatic rings. The van der Waals surface area contributed by atoms with Gasteiger partial charge >= 0.3 is 5.97 Å². The van der Waals surface area contributed by atoms with E-state index in [1.807, 2.05) is 51.1 Å². The summed E-state index contributed by atoms with van der Waals surface area (Å²) in [6.45, 7) is 6.25. The first-order chi connectivity index (χ1) is 11.7. The number of esters is 1. The normalized spacial score (nSPS) is 21.2. The molecule has 2 heterocycles. The van der Waals surface area contributed by atoms with Crippen molar-refractivity contribution in [3.05, 3.63) is 53.5 Å². The molecule has 2 aromatic rings. The van der Waals surface area contributed by atoms with Gasteiger partial charge in [-0.1, -0.05) is 37.3 Å². The predicted octanol–water partition coefficient (Wildman–Crippen LogP) is 3.07. The molecular weight excluding hydrogens is 304 g/mol. The number of aryl methyl sites for hydroxylation is 1. The minimum atomic E-state index is -0.472. The van der Waals surface area contributed by atoms with Crippen molar-refractivity contribution in [1.82, 2.24) is 14.8 Å². The summed E-state index contributed by atoms with van der Waals surface area (Å²) in [5, 5.41) is 7.59. The van der Waals surface area contributed by atoms with Crippen molar-refractivity contribution in [3.63, 3.8) is 0 Å². The summed E-state index contributed by atoms with van der Waals surface area (Å²) in [5.74, 6) is -0.0807. The molecule has 1 aliphatic heterocycles. The first kappa shape index (κ1) is 16.2. The lowest BCUT2D eigenvalue weighted by atomic mass is 9.86. The molecule has 1 N–H and O–H groups in total. The maximum atomic E-state index is 12.7. The van der Waals surface area contributed by atoms with E-state index in [-0.39, 0.29) is 12.0 Å². The topological polar surface area (TPSA) is 69.0 Å². The van der Waals surface area contributed by atoms with Crippen molar-refractivity contribution in [3.8, 4) is 0 Å². The zero-order valence-corrected chi connectivity index (χ0v) is 14.2. The molecular formula is C18H22N4O2. The maximum absolute atomic E-state index is 12.7. The molecule has 1 aromatic carbocycles. The molecule has 0 aliphatic carbocycles. The lowest BCUT2D eigenvalue weighted by Gasteiger charge is -2.34. The number of anilines is 1.